The molecule has 4 heteroatoms. The summed E-state index contributed by atoms with van der Waals surface area (Å²) in [6, 6.07) is 9.92. The maximum absolute atomic E-state index is 10.5. The van der Waals surface area contributed by atoms with Crippen molar-refractivity contribution in [2.24, 2.45) is 0 Å². The summed E-state index contributed by atoms with van der Waals surface area (Å²) in [6.45, 7) is 2.03. The Morgan fingerprint density at radius 2 is 2.15 bits per heavy atom. The average molecular weight is 290 g/mol. The molecule has 0 unspecified atom stereocenters. The van der Waals surface area contributed by atoms with Crippen LogP contribution in [0.5, 0.6) is 0 Å². The van der Waals surface area contributed by atoms with Crippen molar-refractivity contribution in [3.63, 3.8) is 0 Å². The molecule has 0 aliphatic carbocycles. The highest BCUT2D eigenvalue weighted by atomic mass is 35.5. The van der Waals surface area contributed by atoms with Crippen LogP contribution in [-0.2, 0) is 11.2 Å². The fourth-order valence-corrected chi connectivity index (χ4v) is 1.91. The molecule has 0 aliphatic heterocycles. The topological polar surface area (TPSA) is 50.2 Å². The molecule has 0 atom stereocenters. The highest BCUT2D eigenvalue weighted by Crippen LogP contribution is 2.16. The van der Waals surface area contributed by atoms with E-state index in [0.717, 1.165) is 23.6 Å². The van der Waals surface area contributed by atoms with Crippen molar-refractivity contribution in [1.82, 2.24) is 4.98 Å². The van der Waals surface area contributed by atoms with Crippen LogP contribution >= 0.6 is 12.4 Å². The number of hydrogen-bond donors (Lipinski definition) is 1. The van der Waals surface area contributed by atoms with Crippen LogP contribution in [0.1, 0.15) is 22.3 Å². The van der Waals surface area contributed by atoms with E-state index >= 15 is 0 Å². The van der Waals surface area contributed by atoms with E-state index in [-0.39, 0.29) is 12.4 Å². The largest absolute Gasteiger partial charge is 0.478 e. The summed E-state index contributed by atoms with van der Waals surface area (Å²) in [5, 5.41) is 8.60. The molecule has 0 radical (unpaired) electrons. The summed E-state index contributed by atoms with van der Waals surface area (Å²) in [5.41, 5.74) is 4.44. The number of aromatic nitrogens is 1. The van der Waals surface area contributed by atoms with Crippen molar-refractivity contribution in [2.75, 3.05) is 0 Å². The molecule has 3 nitrogen and oxygen atoms in total. The number of halogens is 1. The molecule has 2 rings (SSSR count). The number of nitrogens with zero attached hydrogens (tertiary/aromatic N) is 1. The van der Waals surface area contributed by atoms with Crippen molar-refractivity contribution in [3.8, 4) is 0 Å². The van der Waals surface area contributed by atoms with Gasteiger partial charge in [0, 0.05) is 18.5 Å². The van der Waals surface area contributed by atoms with Crippen LogP contribution in [0.15, 0.2) is 48.8 Å². The molecule has 0 amide bonds. The monoisotopic (exact) mass is 289 g/mol. The zero-order valence-corrected chi connectivity index (χ0v) is 11.9. The van der Waals surface area contributed by atoms with Crippen LogP contribution in [0, 0.1) is 6.92 Å². The second kappa shape index (κ2) is 7.46. The molecule has 0 saturated carbocycles. The number of pyridine rings is 1. The maximum atomic E-state index is 10.5. The van der Waals surface area contributed by atoms with Gasteiger partial charge in [0.25, 0.3) is 0 Å². The average Bonchev–Trinajstić information content (AvgIpc) is 2.40. The summed E-state index contributed by atoms with van der Waals surface area (Å²) in [6.07, 6.45) is 7.20. The quantitative estimate of drug-likeness (QED) is 0.877. The van der Waals surface area contributed by atoms with E-state index < -0.39 is 5.97 Å². The molecule has 1 aromatic carbocycles. The number of aliphatic carboxylic acids is 1. The van der Waals surface area contributed by atoms with Crippen molar-refractivity contribution < 1.29 is 9.90 Å². The molecule has 20 heavy (non-hydrogen) atoms. The second-order valence-corrected chi connectivity index (χ2v) is 4.40. The SMILES string of the molecule is Cc1cc(/C=C/C(=O)O)ccc1Cc1cccnc1.Cl. The van der Waals surface area contributed by atoms with E-state index in [1.54, 1.807) is 12.3 Å². The Bertz CT molecular complexity index is 609. The molecule has 0 bridgehead atoms. The number of hydrogen-bond acceptors (Lipinski definition) is 2. The zero-order chi connectivity index (χ0) is 13.7. The molecule has 1 heterocycles. The first-order chi connectivity index (χ1) is 9.15. The highest BCUT2D eigenvalue weighted by Gasteiger charge is 2.01. The normalized spacial score (nSPS) is 10.2. The van der Waals surface area contributed by atoms with E-state index in [0.29, 0.717) is 0 Å². The lowest BCUT2D eigenvalue weighted by Crippen LogP contribution is -1.93. The number of aryl methyl sites for hydroxylation is 1. The van der Waals surface area contributed by atoms with Gasteiger partial charge in [-0.05, 0) is 47.7 Å². The second-order valence-electron chi connectivity index (χ2n) is 4.40. The van der Waals surface area contributed by atoms with Gasteiger partial charge in [0.15, 0.2) is 0 Å². The number of carboxylic acid groups (broad SMARTS) is 1. The molecule has 1 aromatic heterocycles. The third kappa shape index (κ3) is 4.52. The Kier molecular flexibility index (Phi) is 5.94. The summed E-state index contributed by atoms with van der Waals surface area (Å²) < 4.78 is 0. The van der Waals surface area contributed by atoms with Crippen LogP contribution in [0.3, 0.4) is 0 Å². The van der Waals surface area contributed by atoms with Crippen LogP contribution in [-0.4, -0.2) is 16.1 Å². The van der Waals surface area contributed by atoms with Gasteiger partial charge < -0.3 is 5.11 Å². The molecular weight excluding hydrogens is 274 g/mol. The lowest BCUT2D eigenvalue weighted by Gasteiger charge is -2.06. The van der Waals surface area contributed by atoms with Gasteiger partial charge in [0.2, 0.25) is 0 Å². The minimum atomic E-state index is -0.933. The van der Waals surface area contributed by atoms with Gasteiger partial charge in [0.05, 0.1) is 0 Å². The Balaban J connectivity index is 0.00000200. The number of carbonyl (C=O) groups is 1. The van der Waals surface area contributed by atoms with Gasteiger partial charge in [0.1, 0.15) is 0 Å². The standard InChI is InChI=1S/C16H15NO2.ClH/c1-12-9-13(5-7-16(18)19)4-6-15(12)10-14-3-2-8-17-11-14;/h2-9,11H,10H2,1H3,(H,18,19);1H/b7-5+;. The minimum Gasteiger partial charge on any atom is -0.478 e. The van der Waals surface area contributed by atoms with Gasteiger partial charge in [-0.25, -0.2) is 4.79 Å². The Labute approximate surface area is 124 Å². The number of rotatable bonds is 4. The third-order valence-electron chi connectivity index (χ3n) is 2.90. The number of carboxylic acids is 1. The molecule has 104 valence electrons. The van der Waals surface area contributed by atoms with Gasteiger partial charge >= 0.3 is 5.97 Å². The molecular formula is C16H16ClNO2. The predicted molar refractivity (Wildman–Crippen MR) is 82.1 cm³/mol. The Morgan fingerprint density at radius 3 is 2.75 bits per heavy atom. The molecule has 2 aromatic rings. The Morgan fingerprint density at radius 1 is 1.35 bits per heavy atom. The van der Waals surface area contributed by atoms with E-state index in [1.165, 1.54) is 11.1 Å². The van der Waals surface area contributed by atoms with E-state index in [2.05, 4.69) is 4.98 Å². The lowest BCUT2D eigenvalue weighted by molar-refractivity contribution is -0.131. The third-order valence-corrected chi connectivity index (χ3v) is 2.90. The van der Waals surface area contributed by atoms with Gasteiger partial charge in [-0.1, -0.05) is 24.3 Å². The Hall–Kier alpha value is -2.13. The number of benzene rings is 1. The minimum absolute atomic E-state index is 0. The maximum Gasteiger partial charge on any atom is 0.328 e. The van der Waals surface area contributed by atoms with Crippen molar-refractivity contribution in [1.29, 1.82) is 0 Å². The molecule has 1 N–H and O–H groups in total. The first-order valence-corrected chi connectivity index (χ1v) is 6.04. The fraction of sp³-hybridized carbons (Fsp3) is 0.125. The summed E-state index contributed by atoms with van der Waals surface area (Å²) in [5.74, 6) is -0.933. The summed E-state index contributed by atoms with van der Waals surface area (Å²) in [7, 11) is 0. The first kappa shape index (κ1) is 15.9. The van der Waals surface area contributed by atoms with E-state index in [9.17, 15) is 4.79 Å². The predicted octanol–water partition coefficient (Wildman–Crippen LogP) is 3.50. The van der Waals surface area contributed by atoms with Crippen LogP contribution in [0.25, 0.3) is 6.08 Å². The smallest absolute Gasteiger partial charge is 0.328 e. The van der Waals surface area contributed by atoms with Crippen molar-refractivity contribution in [2.45, 2.75) is 13.3 Å². The lowest BCUT2D eigenvalue weighted by atomic mass is 9.99. The summed E-state index contributed by atoms with van der Waals surface area (Å²) >= 11 is 0. The van der Waals surface area contributed by atoms with Gasteiger partial charge in [-0.15, -0.1) is 12.4 Å². The van der Waals surface area contributed by atoms with Crippen LogP contribution in [0.2, 0.25) is 0 Å². The molecule has 0 fully saturated rings. The highest BCUT2D eigenvalue weighted by molar-refractivity contribution is 5.85. The van der Waals surface area contributed by atoms with Gasteiger partial charge in [-0.3, -0.25) is 4.98 Å². The van der Waals surface area contributed by atoms with Crippen LogP contribution < -0.4 is 0 Å². The van der Waals surface area contributed by atoms with Gasteiger partial charge in [-0.2, -0.15) is 0 Å². The zero-order valence-electron chi connectivity index (χ0n) is 11.1. The molecule has 0 spiro atoms. The molecule has 0 aliphatic rings. The van der Waals surface area contributed by atoms with Crippen molar-refractivity contribution >= 4 is 24.5 Å². The van der Waals surface area contributed by atoms with E-state index in [1.807, 2.05) is 43.5 Å². The summed E-state index contributed by atoms with van der Waals surface area (Å²) in [4.78, 5) is 14.6. The van der Waals surface area contributed by atoms with E-state index in [4.69, 9.17) is 5.11 Å². The van der Waals surface area contributed by atoms with Crippen LogP contribution in [0.4, 0.5) is 0 Å². The molecule has 0 saturated heterocycles. The fourth-order valence-electron chi connectivity index (χ4n) is 1.91. The van der Waals surface area contributed by atoms with Crippen molar-refractivity contribution in [3.05, 3.63) is 71.1 Å². The first-order valence-electron chi connectivity index (χ1n) is 6.04.